The number of rotatable bonds is 1. The second kappa shape index (κ2) is 2.08. The Labute approximate surface area is 61.8 Å². The molecule has 0 aliphatic heterocycles. The summed E-state index contributed by atoms with van der Waals surface area (Å²) in [6.07, 6.45) is 4.91. The quantitative estimate of drug-likeness (QED) is 0.541. The molecule has 2 rings (SSSR count). The summed E-state index contributed by atoms with van der Waals surface area (Å²) in [6, 6.07) is 0. The zero-order chi connectivity index (χ0) is 7.14. The van der Waals surface area contributed by atoms with Crippen LogP contribution in [-0.4, -0.2) is 5.78 Å². The van der Waals surface area contributed by atoms with Crippen molar-refractivity contribution < 1.29 is 4.79 Å². The summed E-state index contributed by atoms with van der Waals surface area (Å²) in [5.41, 5.74) is 0. The summed E-state index contributed by atoms with van der Waals surface area (Å²) in [4.78, 5) is 11.3. The average Bonchev–Trinajstić information content (AvgIpc) is 2.33. The van der Waals surface area contributed by atoms with E-state index in [9.17, 15) is 4.79 Å². The summed E-state index contributed by atoms with van der Waals surface area (Å²) < 4.78 is 0. The van der Waals surface area contributed by atoms with Gasteiger partial charge in [-0.05, 0) is 25.2 Å². The molecule has 0 saturated heterocycles. The molecule has 1 nitrogen and oxygen atoms in total. The predicted molar refractivity (Wildman–Crippen MR) is 39.6 cm³/mol. The molecule has 0 aromatic carbocycles. The highest BCUT2D eigenvalue weighted by atomic mass is 16.1. The third-order valence-corrected chi connectivity index (χ3v) is 3.26. The van der Waals surface area contributed by atoms with E-state index in [0.29, 0.717) is 17.6 Å². The maximum Gasteiger partial charge on any atom is 0.139 e. The average molecular weight is 138 g/mol. The Morgan fingerprint density at radius 1 is 1.50 bits per heavy atom. The molecule has 2 saturated carbocycles. The molecule has 3 atom stereocenters. The largest absolute Gasteiger partial charge is 0.299 e. The van der Waals surface area contributed by atoms with Crippen molar-refractivity contribution in [1.29, 1.82) is 0 Å². The van der Waals surface area contributed by atoms with E-state index in [1.807, 2.05) is 0 Å². The molecule has 1 heteroatoms. The predicted octanol–water partition coefficient (Wildman–Crippen LogP) is 2.01. The number of carbonyl (C=O) groups is 1. The molecule has 0 N–H and O–H groups in total. The van der Waals surface area contributed by atoms with E-state index in [1.54, 1.807) is 0 Å². The fourth-order valence-corrected chi connectivity index (χ4v) is 2.69. The van der Waals surface area contributed by atoms with Crippen LogP contribution in [0.15, 0.2) is 0 Å². The van der Waals surface area contributed by atoms with Gasteiger partial charge in [0, 0.05) is 11.8 Å². The van der Waals surface area contributed by atoms with Crippen molar-refractivity contribution in [3.05, 3.63) is 0 Å². The van der Waals surface area contributed by atoms with Crippen LogP contribution in [-0.2, 0) is 4.79 Å². The molecule has 0 aromatic rings. The molecule has 0 aromatic heterocycles. The minimum absolute atomic E-state index is 0.465. The fourth-order valence-electron chi connectivity index (χ4n) is 2.69. The van der Waals surface area contributed by atoms with Crippen molar-refractivity contribution in [1.82, 2.24) is 0 Å². The topological polar surface area (TPSA) is 17.1 Å². The molecule has 2 aliphatic carbocycles. The SMILES string of the molecule is CC[C@H]1C(=O)[C@H]2CCC[C@H]21. The van der Waals surface area contributed by atoms with Crippen molar-refractivity contribution in [2.45, 2.75) is 32.6 Å². The van der Waals surface area contributed by atoms with Crippen LogP contribution in [0.4, 0.5) is 0 Å². The summed E-state index contributed by atoms with van der Waals surface area (Å²) in [6.45, 7) is 2.14. The van der Waals surface area contributed by atoms with Crippen molar-refractivity contribution in [3.63, 3.8) is 0 Å². The van der Waals surface area contributed by atoms with Gasteiger partial charge >= 0.3 is 0 Å². The third-order valence-electron chi connectivity index (χ3n) is 3.26. The van der Waals surface area contributed by atoms with Gasteiger partial charge in [-0.2, -0.15) is 0 Å². The first-order valence-electron chi connectivity index (χ1n) is 4.38. The third kappa shape index (κ3) is 0.609. The van der Waals surface area contributed by atoms with Gasteiger partial charge in [-0.1, -0.05) is 13.3 Å². The van der Waals surface area contributed by atoms with Crippen LogP contribution in [0.2, 0.25) is 0 Å². The molecule has 0 bridgehead atoms. The number of fused-ring (bicyclic) bond motifs is 1. The van der Waals surface area contributed by atoms with E-state index in [4.69, 9.17) is 0 Å². The monoisotopic (exact) mass is 138 g/mol. The van der Waals surface area contributed by atoms with Gasteiger partial charge in [-0.3, -0.25) is 4.79 Å². The summed E-state index contributed by atoms with van der Waals surface area (Å²) in [5, 5.41) is 0. The van der Waals surface area contributed by atoms with Gasteiger partial charge in [-0.25, -0.2) is 0 Å². The number of carbonyl (C=O) groups excluding carboxylic acids is 1. The van der Waals surface area contributed by atoms with Crippen LogP contribution in [0, 0.1) is 17.8 Å². The summed E-state index contributed by atoms with van der Waals surface area (Å²) in [5.74, 6) is 2.35. The first kappa shape index (κ1) is 6.38. The lowest BCUT2D eigenvalue weighted by atomic mass is 9.64. The normalized spacial score (nSPS) is 44.9. The molecule has 0 spiro atoms. The summed E-state index contributed by atoms with van der Waals surface area (Å²) in [7, 11) is 0. The number of hydrogen-bond acceptors (Lipinski definition) is 1. The van der Waals surface area contributed by atoms with Gasteiger partial charge in [0.25, 0.3) is 0 Å². The van der Waals surface area contributed by atoms with Crippen LogP contribution in [0.1, 0.15) is 32.6 Å². The molecule has 0 radical (unpaired) electrons. The minimum Gasteiger partial charge on any atom is -0.299 e. The number of Topliss-reactive ketones (excluding diaryl/α,β-unsaturated/α-hetero) is 1. The molecule has 2 fully saturated rings. The first-order valence-corrected chi connectivity index (χ1v) is 4.38. The standard InChI is InChI=1S/C9H14O/c1-2-6-7-4-3-5-8(7)9(6)10/h6-8H,2-5H2,1H3/t6-,7+,8+/m1/s1. The van der Waals surface area contributed by atoms with Crippen molar-refractivity contribution in [3.8, 4) is 0 Å². The number of hydrogen-bond donors (Lipinski definition) is 0. The van der Waals surface area contributed by atoms with E-state index in [1.165, 1.54) is 19.3 Å². The second-order valence-electron chi connectivity index (χ2n) is 3.62. The Morgan fingerprint density at radius 2 is 2.30 bits per heavy atom. The Kier molecular flexibility index (Phi) is 1.33. The van der Waals surface area contributed by atoms with Crippen LogP contribution in [0.5, 0.6) is 0 Å². The molecule has 0 amide bonds. The molecule has 56 valence electrons. The van der Waals surface area contributed by atoms with Gasteiger partial charge in [-0.15, -0.1) is 0 Å². The van der Waals surface area contributed by atoms with Crippen molar-refractivity contribution in [2.24, 2.45) is 17.8 Å². The molecule has 0 unspecified atom stereocenters. The van der Waals surface area contributed by atoms with Gasteiger partial charge in [0.15, 0.2) is 0 Å². The number of ketones is 1. The maximum atomic E-state index is 11.3. The fraction of sp³-hybridized carbons (Fsp3) is 0.889. The van der Waals surface area contributed by atoms with Crippen LogP contribution < -0.4 is 0 Å². The Bertz CT molecular complexity index is 162. The van der Waals surface area contributed by atoms with E-state index in [-0.39, 0.29) is 0 Å². The lowest BCUT2D eigenvalue weighted by molar-refractivity contribution is -0.140. The molecule has 0 heterocycles. The summed E-state index contributed by atoms with van der Waals surface area (Å²) >= 11 is 0. The second-order valence-corrected chi connectivity index (χ2v) is 3.62. The van der Waals surface area contributed by atoms with E-state index in [2.05, 4.69) is 6.92 Å². The lowest BCUT2D eigenvalue weighted by Gasteiger charge is -2.37. The van der Waals surface area contributed by atoms with Gasteiger partial charge in [0.1, 0.15) is 5.78 Å². The smallest absolute Gasteiger partial charge is 0.139 e. The zero-order valence-corrected chi connectivity index (χ0v) is 6.47. The minimum atomic E-state index is 0.465. The maximum absolute atomic E-state index is 11.3. The molecule has 2 aliphatic rings. The van der Waals surface area contributed by atoms with Crippen LogP contribution in [0.25, 0.3) is 0 Å². The van der Waals surface area contributed by atoms with E-state index < -0.39 is 0 Å². The van der Waals surface area contributed by atoms with Gasteiger partial charge in [0.2, 0.25) is 0 Å². The van der Waals surface area contributed by atoms with Gasteiger partial charge < -0.3 is 0 Å². The lowest BCUT2D eigenvalue weighted by Crippen LogP contribution is -2.43. The first-order chi connectivity index (χ1) is 4.84. The molecular weight excluding hydrogens is 124 g/mol. The van der Waals surface area contributed by atoms with E-state index >= 15 is 0 Å². The van der Waals surface area contributed by atoms with Crippen LogP contribution in [0.3, 0.4) is 0 Å². The van der Waals surface area contributed by atoms with Crippen molar-refractivity contribution >= 4 is 5.78 Å². The highest BCUT2D eigenvalue weighted by Crippen LogP contribution is 2.49. The van der Waals surface area contributed by atoms with E-state index in [0.717, 1.165) is 12.3 Å². The Hall–Kier alpha value is -0.330. The molecular formula is C9H14O. The highest BCUT2D eigenvalue weighted by molar-refractivity contribution is 5.90. The highest BCUT2D eigenvalue weighted by Gasteiger charge is 2.50. The zero-order valence-electron chi connectivity index (χ0n) is 6.47. The van der Waals surface area contributed by atoms with Gasteiger partial charge in [0.05, 0.1) is 0 Å². The Balaban J connectivity index is 2.08. The van der Waals surface area contributed by atoms with Crippen LogP contribution >= 0.6 is 0 Å². The van der Waals surface area contributed by atoms with Crippen molar-refractivity contribution in [2.75, 3.05) is 0 Å². The Morgan fingerprint density at radius 3 is 3.00 bits per heavy atom. The molecule has 10 heavy (non-hydrogen) atoms.